The first-order valence-electron chi connectivity index (χ1n) is 17.0. The smallest absolute Gasteiger partial charge is 0.310 e. The Kier molecular flexibility index (Phi) is 11.1. The maximum atomic E-state index is 14.5. The van der Waals surface area contributed by atoms with Crippen molar-refractivity contribution in [3.8, 4) is 5.88 Å². The van der Waals surface area contributed by atoms with Gasteiger partial charge >= 0.3 is 5.97 Å². The molecule has 1 unspecified atom stereocenters. The van der Waals surface area contributed by atoms with Gasteiger partial charge in [0, 0.05) is 44.1 Å². The molecule has 1 saturated heterocycles. The number of hydrogen-bond acceptors (Lipinski definition) is 10. The lowest BCUT2D eigenvalue weighted by Crippen LogP contribution is -2.50. The molecule has 1 fully saturated rings. The molecule has 6 rings (SSSR count). The van der Waals surface area contributed by atoms with E-state index >= 15 is 0 Å². The molecule has 1 spiro atoms. The van der Waals surface area contributed by atoms with Gasteiger partial charge in [0.05, 0.1) is 25.2 Å². The van der Waals surface area contributed by atoms with Gasteiger partial charge in [-0.2, -0.15) is 22.8 Å². The molecule has 3 N–H and O–H groups in total. The van der Waals surface area contributed by atoms with Gasteiger partial charge in [0.15, 0.2) is 5.65 Å². The van der Waals surface area contributed by atoms with Gasteiger partial charge in [0.1, 0.15) is 22.1 Å². The van der Waals surface area contributed by atoms with Crippen LogP contribution in [0.2, 0.25) is 0 Å². The maximum Gasteiger partial charge on any atom is 0.310 e. The molecule has 0 bridgehead atoms. The third-order valence-corrected chi connectivity index (χ3v) is 12.1. The second kappa shape index (κ2) is 14.7. The molecule has 4 aromatic rings. The number of aliphatic hydroxyl groups is 1. The van der Waals surface area contributed by atoms with Crippen LogP contribution in [0.3, 0.4) is 0 Å². The molecule has 2 atom stereocenters. The van der Waals surface area contributed by atoms with Gasteiger partial charge in [-0.1, -0.05) is 18.2 Å². The van der Waals surface area contributed by atoms with Crippen LogP contribution in [-0.2, 0) is 26.1 Å². The van der Waals surface area contributed by atoms with Crippen LogP contribution in [0.15, 0.2) is 47.5 Å². The summed E-state index contributed by atoms with van der Waals surface area (Å²) in [6, 6.07) is 10.8. The van der Waals surface area contributed by atoms with Crippen LogP contribution in [0.5, 0.6) is 5.88 Å². The van der Waals surface area contributed by atoms with Crippen molar-refractivity contribution >= 4 is 41.0 Å². The Morgan fingerprint density at radius 1 is 1.10 bits per heavy atom. The number of carboxylic acids is 1. The number of nitrogens with one attached hydrogen (secondary N) is 1. The van der Waals surface area contributed by atoms with E-state index in [0.717, 1.165) is 33.6 Å². The predicted octanol–water partition coefficient (Wildman–Crippen LogP) is 4.72. The topological polar surface area (TPSA) is 168 Å². The standard InChI is InChI=1S/C36H46N6O7S.H2S/c1-22-7-8-26(31(35(5,6)34(44)45)28-11-15-42-25(4)39-40-32(42)24(28)3)19-27(22)20-41-21-36(13-17-48-18-14-36)49-33-29(50(41,46)47)9-10-30(38-33)37-23(2)12-16-43;/h7-11,15,19,23,31,43H,12-14,16-18,20-21H2,1-6H3,(H,37,38)(H,44,45);1H2/t23-,31?;/m0./s1. The van der Waals surface area contributed by atoms with E-state index in [2.05, 4.69) is 20.5 Å². The Bertz CT molecular complexity index is 2030. The molecule has 1 aromatic carbocycles. The van der Waals surface area contributed by atoms with Crippen molar-refractivity contribution in [3.05, 3.63) is 76.2 Å². The first-order valence-corrected chi connectivity index (χ1v) is 18.4. The summed E-state index contributed by atoms with van der Waals surface area (Å²) >= 11 is 0. The summed E-state index contributed by atoms with van der Waals surface area (Å²) in [5.41, 5.74) is 2.58. The highest BCUT2D eigenvalue weighted by molar-refractivity contribution is 7.89. The second-order valence-corrected chi connectivity index (χ2v) is 16.1. The van der Waals surface area contributed by atoms with Crippen LogP contribution < -0.4 is 10.1 Å². The number of aliphatic carboxylic acids is 1. The fourth-order valence-electron chi connectivity index (χ4n) is 7.09. The molecule has 3 aromatic heterocycles. The summed E-state index contributed by atoms with van der Waals surface area (Å²) in [5.74, 6) is -0.318. The minimum Gasteiger partial charge on any atom is -0.481 e. The molecule has 0 aliphatic carbocycles. The van der Waals surface area contributed by atoms with Crippen LogP contribution in [0.1, 0.15) is 79.6 Å². The van der Waals surface area contributed by atoms with E-state index in [-0.39, 0.29) is 50.0 Å². The van der Waals surface area contributed by atoms with Gasteiger partial charge in [-0.15, -0.1) is 10.2 Å². The van der Waals surface area contributed by atoms with E-state index in [1.54, 1.807) is 19.9 Å². The van der Waals surface area contributed by atoms with Crippen LogP contribution in [-0.4, -0.2) is 86.5 Å². The van der Waals surface area contributed by atoms with Gasteiger partial charge in [-0.05, 0) is 94.0 Å². The zero-order chi connectivity index (χ0) is 36.0. The van der Waals surface area contributed by atoms with Gasteiger partial charge in [-0.25, -0.2) is 8.42 Å². The fraction of sp³-hybridized carbons (Fsp3) is 0.500. The quantitative estimate of drug-likeness (QED) is 0.206. The number of fused-ring (bicyclic) bond motifs is 2. The summed E-state index contributed by atoms with van der Waals surface area (Å²) in [6.07, 6.45) is 3.33. The number of pyridine rings is 2. The lowest BCUT2D eigenvalue weighted by molar-refractivity contribution is -0.147. The monoisotopic (exact) mass is 740 g/mol. The highest BCUT2D eigenvalue weighted by atomic mass is 32.2. The Hall–Kier alpha value is -3.76. The molecule has 51 heavy (non-hydrogen) atoms. The Balaban J connectivity index is 0.00000504. The number of carbonyl (C=O) groups is 1. The van der Waals surface area contributed by atoms with Crippen LogP contribution in [0, 0.1) is 26.2 Å². The number of rotatable bonds is 10. The van der Waals surface area contributed by atoms with Crippen molar-refractivity contribution in [2.45, 2.75) is 89.8 Å². The number of benzene rings is 1. The zero-order valence-electron chi connectivity index (χ0n) is 29.9. The molecule has 13 nitrogen and oxygen atoms in total. The van der Waals surface area contributed by atoms with E-state index in [4.69, 9.17) is 9.47 Å². The van der Waals surface area contributed by atoms with Crippen molar-refractivity contribution in [3.63, 3.8) is 0 Å². The van der Waals surface area contributed by atoms with Gasteiger partial charge < -0.3 is 25.0 Å². The largest absolute Gasteiger partial charge is 0.481 e. The first-order chi connectivity index (χ1) is 23.7. The average molecular weight is 741 g/mol. The lowest BCUT2D eigenvalue weighted by Gasteiger charge is -2.38. The van der Waals surface area contributed by atoms with Gasteiger partial charge in [0.25, 0.3) is 0 Å². The summed E-state index contributed by atoms with van der Waals surface area (Å²) in [7, 11) is -4.10. The molecular formula is C36H48N6O7S2. The number of ether oxygens (including phenoxy) is 2. The minimum atomic E-state index is -4.10. The van der Waals surface area contributed by atoms with Crippen molar-refractivity contribution in [2.75, 3.05) is 31.7 Å². The van der Waals surface area contributed by atoms with Crippen LogP contribution in [0.4, 0.5) is 5.82 Å². The molecule has 0 radical (unpaired) electrons. The number of aromatic nitrogens is 4. The number of nitrogens with zero attached hydrogens (tertiary/aromatic N) is 5. The third-order valence-electron chi connectivity index (χ3n) is 10.3. The molecule has 15 heteroatoms. The van der Waals surface area contributed by atoms with Crippen molar-refractivity contribution in [1.29, 1.82) is 0 Å². The molecular weight excluding hydrogens is 693 g/mol. The van der Waals surface area contributed by atoms with E-state index in [0.29, 0.717) is 43.9 Å². The maximum absolute atomic E-state index is 14.5. The zero-order valence-corrected chi connectivity index (χ0v) is 31.7. The predicted molar refractivity (Wildman–Crippen MR) is 197 cm³/mol. The highest BCUT2D eigenvalue weighted by Crippen LogP contribution is 2.44. The van der Waals surface area contributed by atoms with Gasteiger partial charge in [-0.3, -0.25) is 9.20 Å². The molecule has 2 aliphatic rings. The molecule has 2 aliphatic heterocycles. The SMILES string of the molecule is Cc1ccc(C(c2ccn3c(C)nnc3c2C)C(C)(C)C(=O)O)cc1CN1CC2(CCOCC2)Oc2nc(N[C@@H](C)CCO)ccc2S1(=O)=O.S. The van der Waals surface area contributed by atoms with Crippen LogP contribution in [0.25, 0.3) is 5.65 Å². The summed E-state index contributed by atoms with van der Waals surface area (Å²) in [5, 5.41) is 31.6. The van der Waals surface area contributed by atoms with Crippen LogP contribution >= 0.6 is 13.5 Å². The summed E-state index contributed by atoms with van der Waals surface area (Å²) in [4.78, 5) is 17.4. The van der Waals surface area contributed by atoms with Crippen molar-refractivity contribution in [2.24, 2.45) is 5.41 Å². The van der Waals surface area contributed by atoms with E-state index in [1.807, 2.05) is 62.6 Å². The molecule has 5 heterocycles. The second-order valence-electron chi connectivity index (χ2n) is 14.2. The molecule has 0 saturated carbocycles. The summed E-state index contributed by atoms with van der Waals surface area (Å²) in [6.45, 7) is 12.0. The summed E-state index contributed by atoms with van der Waals surface area (Å²) < 4.78 is 44.6. The average Bonchev–Trinajstić information content (AvgIpc) is 3.41. The number of carboxylic acid groups (broad SMARTS) is 1. The number of hydrogen-bond donors (Lipinski definition) is 3. The Labute approximate surface area is 305 Å². The number of anilines is 1. The lowest BCUT2D eigenvalue weighted by atomic mass is 9.70. The first kappa shape index (κ1) is 38.5. The number of aliphatic hydroxyl groups excluding tert-OH is 1. The van der Waals surface area contributed by atoms with Gasteiger partial charge in [0.2, 0.25) is 15.9 Å². The fourth-order valence-corrected chi connectivity index (χ4v) is 8.63. The van der Waals surface area contributed by atoms with Crippen molar-refractivity contribution in [1.82, 2.24) is 23.9 Å². The Morgan fingerprint density at radius 3 is 2.51 bits per heavy atom. The molecule has 276 valence electrons. The third kappa shape index (κ3) is 7.31. The van der Waals surface area contributed by atoms with E-state index in [9.17, 15) is 23.4 Å². The highest BCUT2D eigenvalue weighted by Gasteiger charge is 2.46. The number of aryl methyl sites for hydroxylation is 3. The van der Waals surface area contributed by atoms with E-state index < -0.39 is 32.9 Å². The molecule has 0 amide bonds. The number of sulfonamides is 1. The van der Waals surface area contributed by atoms with Crippen molar-refractivity contribution < 1.29 is 32.9 Å². The minimum absolute atomic E-state index is 0. The van der Waals surface area contributed by atoms with E-state index in [1.165, 1.54) is 10.4 Å². The Morgan fingerprint density at radius 2 is 1.82 bits per heavy atom. The normalized spacial score (nSPS) is 18.3.